The molecule has 0 amide bonds. The van der Waals surface area contributed by atoms with Crippen LogP contribution in [0.2, 0.25) is 5.02 Å². The molecule has 3 rings (SSSR count). The molecule has 1 N–H and O–H groups in total. The van der Waals surface area contributed by atoms with Crippen molar-refractivity contribution in [2.24, 2.45) is 4.99 Å². The number of nitrogens with zero attached hydrogens (tertiary/aromatic N) is 2. The van der Waals surface area contributed by atoms with E-state index in [1.165, 1.54) is 13.2 Å². The predicted molar refractivity (Wildman–Crippen MR) is 105 cm³/mol. The highest BCUT2D eigenvalue weighted by Gasteiger charge is 2.26. The molecule has 0 bridgehead atoms. The number of methoxy groups -OCH3 is 1. The number of aliphatic imine (C=N–C) groups is 1. The van der Waals surface area contributed by atoms with Gasteiger partial charge >= 0.3 is 0 Å². The SMILES string of the molecule is COC1=NCc2cc(CC(=O)C[C@H](C)c3ccc(F)c(Cl)c3)nc([C@H](C)O)c21. The molecule has 28 heavy (non-hydrogen) atoms. The summed E-state index contributed by atoms with van der Waals surface area (Å²) in [5, 5.41) is 10.1. The number of carbonyl (C=O) groups is 1. The Labute approximate surface area is 168 Å². The Balaban J connectivity index is 1.76. The second-order valence-corrected chi connectivity index (χ2v) is 7.44. The number of aliphatic hydroxyl groups is 1. The summed E-state index contributed by atoms with van der Waals surface area (Å²) in [7, 11) is 1.53. The zero-order chi connectivity index (χ0) is 20.4. The van der Waals surface area contributed by atoms with Crippen molar-refractivity contribution in [3.63, 3.8) is 0 Å². The minimum Gasteiger partial charge on any atom is -0.481 e. The number of aromatic nitrogens is 1. The first-order valence-corrected chi connectivity index (χ1v) is 9.44. The van der Waals surface area contributed by atoms with Crippen LogP contribution in [0.25, 0.3) is 0 Å². The molecule has 1 aromatic heterocycles. The summed E-state index contributed by atoms with van der Waals surface area (Å²) in [5.74, 6) is -0.116. The van der Waals surface area contributed by atoms with Crippen LogP contribution in [-0.2, 0) is 22.5 Å². The molecule has 0 spiro atoms. The molecule has 0 radical (unpaired) electrons. The topological polar surface area (TPSA) is 71.8 Å². The van der Waals surface area contributed by atoms with Crippen LogP contribution in [0, 0.1) is 5.82 Å². The molecule has 0 aliphatic carbocycles. The number of fused-ring (bicyclic) bond motifs is 1. The Hall–Kier alpha value is -2.31. The number of rotatable bonds is 6. The number of ketones is 1. The fourth-order valence-electron chi connectivity index (χ4n) is 3.40. The smallest absolute Gasteiger partial charge is 0.218 e. The Morgan fingerprint density at radius 1 is 1.36 bits per heavy atom. The van der Waals surface area contributed by atoms with Gasteiger partial charge in [-0.2, -0.15) is 0 Å². The molecule has 0 unspecified atom stereocenters. The van der Waals surface area contributed by atoms with Crippen molar-refractivity contribution >= 4 is 23.3 Å². The summed E-state index contributed by atoms with van der Waals surface area (Å²) in [5.41, 5.74) is 3.48. The van der Waals surface area contributed by atoms with Gasteiger partial charge in [0, 0.05) is 18.5 Å². The lowest BCUT2D eigenvalue weighted by Gasteiger charge is -2.15. The Morgan fingerprint density at radius 2 is 2.11 bits per heavy atom. The largest absolute Gasteiger partial charge is 0.481 e. The van der Waals surface area contributed by atoms with Gasteiger partial charge in [0.1, 0.15) is 11.6 Å². The summed E-state index contributed by atoms with van der Waals surface area (Å²) in [6.07, 6.45) is -0.374. The lowest BCUT2D eigenvalue weighted by Crippen LogP contribution is -2.14. The van der Waals surface area contributed by atoms with Crippen LogP contribution in [0.1, 0.15) is 60.4 Å². The average molecular weight is 405 g/mol. The summed E-state index contributed by atoms with van der Waals surface area (Å²) < 4.78 is 18.6. The van der Waals surface area contributed by atoms with Crippen LogP contribution >= 0.6 is 11.6 Å². The molecule has 0 saturated carbocycles. The summed E-state index contributed by atoms with van der Waals surface area (Å²) in [6, 6.07) is 6.34. The minimum absolute atomic E-state index is 0.00261. The van der Waals surface area contributed by atoms with E-state index in [1.807, 2.05) is 13.0 Å². The van der Waals surface area contributed by atoms with Crippen LogP contribution < -0.4 is 0 Å². The number of Topliss-reactive ketones (excluding diaryl/α,β-unsaturated/α-hetero) is 1. The first kappa shape index (κ1) is 20.4. The average Bonchev–Trinajstić information content (AvgIpc) is 3.05. The van der Waals surface area contributed by atoms with Gasteiger partial charge in [-0.05, 0) is 42.2 Å². The highest BCUT2D eigenvalue weighted by molar-refractivity contribution is 6.30. The maximum absolute atomic E-state index is 13.3. The van der Waals surface area contributed by atoms with E-state index < -0.39 is 11.9 Å². The Bertz CT molecular complexity index is 943. The Kier molecular flexibility index (Phi) is 6.10. The number of hydrogen-bond donors (Lipinski definition) is 1. The van der Waals surface area contributed by atoms with E-state index in [0.29, 0.717) is 29.4 Å². The maximum atomic E-state index is 13.3. The van der Waals surface area contributed by atoms with Crippen LogP contribution in [-0.4, -0.2) is 28.9 Å². The van der Waals surface area contributed by atoms with Gasteiger partial charge in [-0.3, -0.25) is 9.78 Å². The zero-order valence-corrected chi connectivity index (χ0v) is 16.8. The summed E-state index contributed by atoms with van der Waals surface area (Å²) >= 11 is 5.83. The molecule has 2 atom stereocenters. The van der Waals surface area contributed by atoms with Gasteiger partial charge in [-0.1, -0.05) is 24.6 Å². The van der Waals surface area contributed by atoms with Crippen molar-refractivity contribution in [3.8, 4) is 0 Å². The lowest BCUT2D eigenvalue weighted by atomic mass is 9.93. The fraction of sp³-hybridized carbons (Fsp3) is 0.381. The fourth-order valence-corrected chi connectivity index (χ4v) is 3.59. The van der Waals surface area contributed by atoms with Crippen LogP contribution in [0.15, 0.2) is 29.3 Å². The van der Waals surface area contributed by atoms with Crippen LogP contribution in [0.4, 0.5) is 4.39 Å². The van der Waals surface area contributed by atoms with Crippen molar-refractivity contribution in [2.45, 2.75) is 45.3 Å². The van der Waals surface area contributed by atoms with Crippen LogP contribution in [0.3, 0.4) is 0 Å². The third-order valence-corrected chi connectivity index (χ3v) is 5.09. The molecule has 0 fully saturated rings. The predicted octanol–water partition coefficient (Wildman–Crippen LogP) is 4.14. The third kappa shape index (κ3) is 4.23. The lowest BCUT2D eigenvalue weighted by molar-refractivity contribution is -0.118. The summed E-state index contributed by atoms with van der Waals surface area (Å²) in [6.45, 7) is 3.96. The second kappa shape index (κ2) is 8.37. The minimum atomic E-state index is -0.803. The molecule has 2 aromatic rings. The zero-order valence-electron chi connectivity index (χ0n) is 16.0. The van der Waals surface area contributed by atoms with E-state index in [-0.39, 0.29) is 29.6 Å². The quantitative estimate of drug-likeness (QED) is 0.785. The van der Waals surface area contributed by atoms with Gasteiger partial charge in [-0.25, -0.2) is 9.38 Å². The van der Waals surface area contributed by atoms with Crippen molar-refractivity contribution in [1.82, 2.24) is 4.98 Å². The molecule has 7 heteroatoms. The number of halogens is 2. The van der Waals surface area contributed by atoms with Gasteiger partial charge in [0.2, 0.25) is 5.90 Å². The van der Waals surface area contributed by atoms with E-state index in [0.717, 1.165) is 11.1 Å². The molecule has 0 saturated heterocycles. The standard InChI is InChI=1S/C21H22ClFN2O3/c1-11(13-4-5-18(23)17(22)8-13)6-16(27)9-15-7-14-10-24-21(28-3)19(14)20(25-15)12(2)26/h4-5,7-8,11-12,26H,6,9-10H2,1-3H3/t11-,12-/m0/s1. The van der Waals surface area contributed by atoms with Crippen molar-refractivity contribution in [3.05, 3.63) is 63.2 Å². The van der Waals surface area contributed by atoms with Crippen molar-refractivity contribution < 1.29 is 19.0 Å². The van der Waals surface area contributed by atoms with Crippen molar-refractivity contribution in [1.29, 1.82) is 0 Å². The highest BCUT2D eigenvalue weighted by atomic mass is 35.5. The highest BCUT2D eigenvalue weighted by Crippen LogP contribution is 2.28. The number of carbonyl (C=O) groups excluding carboxylic acids is 1. The number of benzene rings is 1. The van der Waals surface area contributed by atoms with E-state index in [4.69, 9.17) is 16.3 Å². The first-order valence-electron chi connectivity index (χ1n) is 9.06. The van der Waals surface area contributed by atoms with Gasteiger partial charge in [0.15, 0.2) is 0 Å². The molecule has 2 heterocycles. The molecule has 5 nitrogen and oxygen atoms in total. The number of aliphatic hydroxyl groups excluding tert-OH is 1. The van der Waals surface area contributed by atoms with E-state index in [2.05, 4.69) is 9.98 Å². The molecule has 1 aromatic carbocycles. The molecule has 1 aliphatic rings. The van der Waals surface area contributed by atoms with Gasteiger partial charge in [-0.15, -0.1) is 0 Å². The molecular formula is C21H22ClFN2O3. The maximum Gasteiger partial charge on any atom is 0.218 e. The van der Waals surface area contributed by atoms with Gasteiger partial charge < -0.3 is 9.84 Å². The van der Waals surface area contributed by atoms with Crippen molar-refractivity contribution in [2.75, 3.05) is 7.11 Å². The van der Waals surface area contributed by atoms with E-state index in [1.54, 1.807) is 19.1 Å². The number of pyridine rings is 1. The number of ether oxygens (including phenoxy) is 1. The normalized spacial score (nSPS) is 15.0. The Morgan fingerprint density at radius 3 is 2.75 bits per heavy atom. The number of hydrogen-bond acceptors (Lipinski definition) is 5. The first-order chi connectivity index (χ1) is 13.3. The second-order valence-electron chi connectivity index (χ2n) is 7.03. The summed E-state index contributed by atoms with van der Waals surface area (Å²) in [4.78, 5) is 21.4. The molecule has 148 valence electrons. The van der Waals surface area contributed by atoms with Gasteiger partial charge in [0.25, 0.3) is 0 Å². The monoisotopic (exact) mass is 404 g/mol. The third-order valence-electron chi connectivity index (χ3n) is 4.80. The van der Waals surface area contributed by atoms with Crippen LogP contribution in [0.5, 0.6) is 0 Å². The molecular weight excluding hydrogens is 383 g/mol. The molecule has 1 aliphatic heterocycles. The van der Waals surface area contributed by atoms with E-state index in [9.17, 15) is 14.3 Å². The van der Waals surface area contributed by atoms with Gasteiger partial charge in [0.05, 0.1) is 36.0 Å². The van der Waals surface area contributed by atoms with E-state index >= 15 is 0 Å².